The second-order valence-electron chi connectivity index (χ2n) is 5.50. The van der Waals surface area contributed by atoms with Crippen LogP contribution in [0, 0.1) is 0 Å². The van der Waals surface area contributed by atoms with Crippen LogP contribution in [0.1, 0.15) is 35.3 Å². The normalized spacial score (nSPS) is 10.4. The molecule has 0 aliphatic rings. The van der Waals surface area contributed by atoms with E-state index in [1.165, 1.54) is 6.07 Å². The molecule has 0 fully saturated rings. The Hall–Kier alpha value is -2.75. The van der Waals surface area contributed by atoms with E-state index in [0.717, 1.165) is 16.9 Å². The standard InChI is InChI=1S/C18H21N3O5S/c19-16(23)14-5-6-15(27-14)18(25)21-11-12-1-3-13(4-2-12)17(24)20-7-9-26-10-8-22/h1-6,22H,7-11H2,(H2,19,23)(H,20,24)(H,21,25). The number of thiophene rings is 1. The van der Waals surface area contributed by atoms with Crippen molar-refractivity contribution in [3.05, 3.63) is 57.3 Å². The molecule has 0 spiro atoms. The van der Waals surface area contributed by atoms with Gasteiger partial charge < -0.3 is 26.2 Å². The van der Waals surface area contributed by atoms with Gasteiger partial charge in [0, 0.05) is 18.7 Å². The molecule has 144 valence electrons. The Morgan fingerprint density at radius 1 is 0.963 bits per heavy atom. The molecule has 1 aromatic heterocycles. The van der Waals surface area contributed by atoms with Crippen LogP contribution in [0.2, 0.25) is 0 Å². The first-order chi connectivity index (χ1) is 13.0. The van der Waals surface area contributed by atoms with Crippen LogP contribution < -0.4 is 16.4 Å². The summed E-state index contributed by atoms with van der Waals surface area (Å²) in [6, 6.07) is 9.91. The van der Waals surface area contributed by atoms with Gasteiger partial charge in [-0.15, -0.1) is 11.3 Å². The van der Waals surface area contributed by atoms with Gasteiger partial charge in [-0.25, -0.2) is 0 Å². The third-order valence-electron chi connectivity index (χ3n) is 3.51. The molecule has 9 heteroatoms. The fourth-order valence-corrected chi connectivity index (χ4v) is 2.92. The minimum absolute atomic E-state index is 0.0509. The number of primary amides is 1. The topological polar surface area (TPSA) is 131 Å². The van der Waals surface area contributed by atoms with Gasteiger partial charge in [0.1, 0.15) is 0 Å². The maximum atomic E-state index is 12.1. The molecule has 0 saturated carbocycles. The highest BCUT2D eigenvalue weighted by Gasteiger charge is 2.12. The van der Waals surface area contributed by atoms with Crippen molar-refractivity contribution >= 4 is 29.1 Å². The quantitative estimate of drug-likeness (QED) is 0.439. The highest BCUT2D eigenvalue weighted by Crippen LogP contribution is 2.16. The minimum Gasteiger partial charge on any atom is -0.394 e. The monoisotopic (exact) mass is 391 g/mol. The number of carbonyl (C=O) groups excluding carboxylic acids is 3. The number of nitrogens with one attached hydrogen (secondary N) is 2. The zero-order chi connectivity index (χ0) is 19.6. The first-order valence-electron chi connectivity index (χ1n) is 8.25. The number of carbonyl (C=O) groups is 3. The molecule has 0 aliphatic heterocycles. The van der Waals surface area contributed by atoms with Crippen LogP contribution in [0.25, 0.3) is 0 Å². The van der Waals surface area contributed by atoms with E-state index < -0.39 is 5.91 Å². The summed E-state index contributed by atoms with van der Waals surface area (Å²) in [5.41, 5.74) is 6.50. The van der Waals surface area contributed by atoms with Crippen LogP contribution in [-0.4, -0.2) is 49.2 Å². The van der Waals surface area contributed by atoms with Gasteiger partial charge in [-0.2, -0.15) is 0 Å². The van der Waals surface area contributed by atoms with Crippen molar-refractivity contribution < 1.29 is 24.2 Å². The van der Waals surface area contributed by atoms with E-state index in [1.54, 1.807) is 30.3 Å². The van der Waals surface area contributed by atoms with Crippen molar-refractivity contribution in [2.24, 2.45) is 5.73 Å². The van der Waals surface area contributed by atoms with E-state index in [2.05, 4.69) is 10.6 Å². The van der Waals surface area contributed by atoms with E-state index in [9.17, 15) is 14.4 Å². The molecule has 1 aromatic carbocycles. The van der Waals surface area contributed by atoms with Gasteiger partial charge in [0.2, 0.25) is 0 Å². The largest absolute Gasteiger partial charge is 0.394 e. The number of amides is 3. The van der Waals surface area contributed by atoms with Gasteiger partial charge in [0.25, 0.3) is 17.7 Å². The molecule has 0 atom stereocenters. The number of ether oxygens (including phenoxy) is 1. The number of aliphatic hydroxyl groups is 1. The molecule has 2 aromatic rings. The molecule has 1 heterocycles. The summed E-state index contributed by atoms with van der Waals surface area (Å²) < 4.78 is 5.06. The summed E-state index contributed by atoms with van der Waals surface area (Å²) in [6.07, 6.45) is 0. The fourth-order valence-electron chi connectivity index (χ4n) is 2.14. The van der Waals surface area contributed by atoms with E-state index in [0.29, 0.717) is 35.0 Å². The Labute approximate surface area is 160 Å². The van der Waals surface area contributed by atoms with Gasteiger partial charge in [-0.05, 0) is 29.8 Å². The third-order valence-corrected chi connectivity index (χ3v) is 4.61. The molecule has 0 bridgehead atoms. The van der Waals surface area contributed by atoms with E-state index in [-0.39, 0.29) is 25.0 Å². The molecule has 0 saturated heterocycles. The first-order valence-corrected chi connectivity index (χ1v) is 9.06. The fraction of sp³-hybridized carbons (Fsp3) is 0.278. The summed E-state index contributed by atoms with van der Waals surface area (Å²) in [5, 5.41) is 14.0. The average Bonchev–Trinajstić information content (AvgIpc) is 3.17. The summed E-state index contributed by atoms with van der Waals surface area (Å²) in [4.78, 5) is 35.9. The Bertz CT molecular complexity index is 789. The van der Waals surface area contributed by atoms with Crippen LogP contribution in [0.4, 0.5) is 0 Å². The Morgan fingerprint density at radius 2 is 1.67 bits per heavy atom. The van der Waals surface area contributed by atoms with Gasteiger partial charge in [0.15, 0.2) is 0 Å². The predicted molar refractivity (Wildman–Crippen MR) is 101 cm³/mol. The Balaban J connectivity index is 1.80. The third kappa shape index (κ3) is 6.48. The molecule has 0 radical (unpaired) electrons. The lowest BCUT2D eigenvalue weighted by Crippen LogP contribution is -2.27. The van der Waals surface area contributed by atoms with Crippen LogP contribution in [0.3, 0.4) is 0 Å². The molecular weight excluding hydrogens is 370 g/mol. The van der Waals surface area contributed by atoms with Crippen molar-refractivity contribution in [3.8, 4) is 0 Å². The number of hydrogen-bond donors (Lipinski definition) is 4. The van der Waals surface area contributed by atoms with Crippen molar-refractivity contribution in [1.82, 2.24) is 10.6 Å². The van der Waals surface area contributed by atoms with Gasteiger partial charge in [0.05, 0.1) is 29.6 Å². The van der Waals surface area contributed by atoms with Gasteiger partial charge >= 0.3 is 0 Å². The minimum atomic E-state index is -0.562. The second-order valence-corrected chi connectivity index (χ2v) is 6.58. The molecule has 3 amide bonds. The summed E-state index contributed by atoms with van der Waals surface area (Å²) in [7, 11) is 0. The number of nitrogens with two attached hydrogens (primary N) is 1. The molecular formula is C18H21N3O5S. The Morgan fingerprint density at radius 3 is 2.30 bits per heavy atom. The van der Waals surface area contributed by atoms with Crippen LogP contribution in [-0.2, 0) is 11.3 Å². The van der Waals surface area contributed by atoms with E-state index in [1.807, 2.05) is 0 Å². The molecule has 5 N–H and O–H groups in total. The number of aliphatic hydroxyl groups excluding tert-OH is 1. The smallest absolute Gasteiger partial charge is 0.261 e. The zero-order valence-corrected chi connectivity index (χ0v) is 15.4. The molecule has 0 unspecified atom stereocenters. The number of benzene rings is 1. The van der Waals surface area contributed by atoms with Crippen LogP contribution >= 0.6 is 11.3 Å². The first kappa shape index (κ1) is 20.6. The average molecular weight is 391 g/mol. The van der Waals surface area contributed by atoms with Crippen molar-refractivity contribution in [1.29, 1.82) is 0 Å². The van der Waals surface area contributed by atoms with Gasteiger partial charge in [-0.3, -0.25) is 14.4 Å². The lowest BCUT2D eigenvalue weighted by atomic mass is 10.1. The van der Waals surface area contributed by atoms with E-state index in [4.69, 9.17) is 15.6 Å². The number of rotatable bonds is 10. The van der Waals surface area contributed by atoms with Crippen molar-refractivity contribution in [2.45, 2.75) is 6.54 Å². The maximum absolute atomic E-state index is 12.1. The SMILES string of the molecule is NC(=O)c1ccc(C(=O)NCc2ccc(C(=O)NCCOCCO)cc2)s1. The molecule has 0 aliphatic carbocycles. The summed E-state index contributed by atoms with van der Waals surface area (Å²) in [5.74, 6) is -1.08. The lowest BCUT2D eigenvalue weighted by molar-refractivity contribution is 0.0837. The zero-order valence-electron chi connectivity index (χ0n) is 14.6. The summed E-state index contributed by atoms with van der Waals surface area (Å²) >= 11 is 1.04. The van der Waals surface area contributed by atoms with E-state index >= 15 is 0 Å². The molecule has 8 nitrogen and oxygen atoms in total. The molecule has 27 heavy (non-hydrogen) atoms. The summed E-state index contributed by atoms with van der Waals surface area (Å²) in [6.45, 7) is 1.16. The van der Waals surface area contributed by atoms with Gasteiger partial charge in [-0.1, -0.05) is 12.1 Å². The van der Waals surface area contributed by atoms with Crippen LogP contribution in [0.15, 0.2) is 36.4 Å². The highest BCUT2D eigenvalue weighted by molar-refractivity contribution is 7.15. The predicted octanol–water partition coefficient (Wildman–Crippen LogP) is 0.516. The highest BCUT2D eigenvalue weighted by atomic mass is 32.1. The Kier molecular flexibility index (Phi) is 7.93. The second kappa shape index (κ2) is 10.4. The lowest BCUT2D eigenvalue weighted by Gasteiger charge is -2.07. The maximum Gasteiger partial charge on any atom is 0.261 e. The molecule has 2 rings (SSSR count). The van der Waals surface area contributed by atoms with Crippen molar-refractivity contribution in [2.75, 3.05) is 26.4 Å². The van der Waals surface area contributed by atoms with Crippen LogP contribution in [0.5, 0.6) is 0 Å². The number of hydrogen-bond acceptors (Lipinski definition) is 6. The van der Waals surface area contributed by atoms with Crippen molar-refractivity contribution in [3.63, 3.8) is 0 Å².